The number of anilines is 2. The van der Waals surface area contributed by atoms with Gasteiger partial charge in [0.05, 0.1) is 6.10 Å². The van der Waals surface area contributed by atoms with E-state index in [2.05, 4.69) is 29.5 Å². The summed E-state index contributed by atoms with van der Waals surface area (Å²) in [6.07, 6.45) is 2.45. The summed E-state index contributed by atoms with van der Waals surface area (Å²) in [7, 11) is 0. The Morgan fingerprint density at radius 1 is 1.41 bits per heavy atom. The first-order valence-electron chi connectivity index (χ1n) is 6.37. The molecule has 17 heavy (non-hydrogen) atoms. The van der Waals surface area contributed by atoms with Crippen molar-refractivity contribution >= 4 is 11.6 Å². The van der Waals surface area contributed by atoms with Crippen molar-refractivity contribution in [3.05, 3.63) is 18.2 Å². The van der Waals surface area contributed by atoms with E-state index in [0.29, 0.717) is 12.1 Å². The predicted molar refractivity (Wildman–Crippen MR) is 70.5 cm³/mol. The Balaban J connectivity index is 1.95. The quantitative estimate of drug-likeness (QED) is 0.841. The van der Waals surface area contributed by atoms with Crippen molar-refractivity contribution in [2.75, 3.05) is 23.8 Å². The number of hydrogen-bond acceptors (Lipinski definition) is 4. The topological polar surface area (TPSA) is 46.2 Å². The van der Waals surface area contributed by atoms with Crippen LogP contribution in [-0.4, -0.2) is 30.3 Å². The third-order valence-corrected chi connectivity index (χ3v) is 2.94. The molecule has 0 aromatic carbocycles. The van der Waals surface area contributed by atoms with Crippen LogP contribution in [0.2, 0.25) is 0 Å². The molecule has 2 N–H and O–H groups in total. The van der Waals surface area contributed by atoms with E-state index in [0.717, 1.165) is 37.6 Å². The van der Waals surface area contributed by atoms with Gasteiger partial charge in [-0.2, -0.15) is 0 Å². The fourth-order valence-electron chi connectivity index (χ4n) is 2.13. The molecule has 94 valence electrons. The minimum Gasteiger partial charge on any atom is -0.378 e. The molecule has 1 aliphatic heterocycles. The van der Waals surface area contributed by atoms with Crippen molar-refractivity contribution < 1.29 is 4.74 Å². The van der Waals surface area contributed by atoms with Crippen LogP contribution in [-0.2, 0) is 4.74 Å². The Morgan fingerprint density at radius 3 is 3.00 bits per heavy atom. The van der Waals surface area contributed by atoms with E-state index < -0.39 is 0 Å². The highest BCUT2D eigenvalue weighted by Gasteiger charge is 2.19. The van der Waals surface area contributed by atoms with E-state index in [1.807, 2.05) is 18.2 Å². The van der Waals surface area contributed by atoms with Gasteiger partial charge in [0, 0.05) is 19.2 Å². The van der Waals surface area contributed by atoms with Crippen LogP contribution in [0.3, 0.4) is 0 Å². The number of pyridine rings is 1. The first-order valence-corrected chi connectivity index (χ1v) is 6.37. The number of aromatic nitrogens is 1. The van der Waals surface area contributed by atoms with E-state index in [9.17, 15) is 0 Å². The SMILES string of the molecule is CCNc1cccc(NC2CCOC(C)C2)n1. The lowest BCUT2D eigenvalue weighted by atomic mass is 10.0. The smallest absolute Gasteiger partial charge is 0.128 e. The lowest BCUT2D eigenvalue weighted by Gasteiger charge is -2.28. The molecule has 2 unspecified atom stereocenters. The van der Waals surface area contributed by atoms with Crippen LogP contribution in [0.4, 0.5) is 11.6 Å². The lowest BCUT2D eigenvalue weighted by molar-refractivity contribution is 0.0232. The fourth-order valence-corrected chi connectivity index (χ4v) is 2.13. The van der Waals surface area contributed by atoms with Gasteiger partial charge in [-0.1, -0.05) is 6.07 Å². The van der Waals surface area contributed by atoms with Gasteiger partial charge in [-0.25, -0.2) is 4.98 Å². The van der Waals surface area contributed by atoms with Gasteiger partial charge in [-0.15, -0.1) is 0 Å². The summed E-state index contributed by atoms with van der Waals surface area (Å²) in [4.78, 5) is 4.52. The van der Waals surface area contributed by atoms with Crippen LogP contribution in [0.5, 0.6) is 0 Å². The van der Waals surface area contributed by atoms with Gasteiger partial charge in [-0.3, -0.25) is 0 Å². The average Bonchev–Trinajstić information content (AvgIpc) is 2.30. The second kappa shape index (κ2) is 5.87. The predicted octanol–water partition coefficient (Wildman–Crippen LogP) is 2.49. The number of ether oxygens (including phenoxy) is 1. The van der Waals surface area contributed by atoms with Crippen molar-refractivity contribution in [1.82, 2.24) is 4.98 Å². The molecule has 0 amide bonds. The third kappa shape index (κ3) is 3.60. The molecule has 4 heteroatoms. The largest absolute Gasteiger partial charge is 0.378 e. The highest BCUT2D eigenvalue weighted by atomic mass is 16.5. The first kappa shape index (κ1) is 12.2. The highest BCUT2D eigenvalue weighted by Crippen LogP contribution is 2.18. The Hall–Kier alpha value is -1.29. The summed E-state index contributed by atoms with van der Waals surface area (Å²) in [5.74, 6) is 1.88. The zero-order chi connectivity index (χ0) is 12.1. The first-order chi connectivity index (χ1) is 8.28. The van der Waals surface area contributed by atoms with Gasteiger partial charge in [-0.05, 0) is 38.8 Å². The van der Waals surface area contributed by atoms with E-state index in [1.54, 1.807) is 0 Å². The number of nitrogens with one attached hydrogen (secondary N) is 2. The van der Waals surface area contributed by atoms with Crippen LogP contribution in [0.15, 0.2) is 18.2 Å². The van der Waals surface area contributed by atoms with Gasteiger partial charge in [0.25, 0.3) is 0 Å². The molecule has 1 aromatic rings. The second-order valence-corrected chi connectivity index (χ2v) is 4.49. The van der Waals surface area contributed by atoms with Crippen molar-refractivity contribution in [3.8, 4) is 0 Å². The van der Waals surface area contributed by atoms with Crippen LogP contribution in [0.1, 0.15) is 26.7 Å². The van der Waals surface area contributed by atoms with Crippen molar-refractivity contribution in [2.24, 2.45) is 0 Å². The second-order valence-electron chi connectivity index (χ2n) is 4.49. The van der Waals surface area contributed by atoms with E-state index in [-0.39, 0.29) is 0 Å². The summed E-state index contributed by atoms with van der Waals surface area (Å²) >= 11 is 0. The number of nitrogens with zero attached hydrogens (tertiary/aromatic N) is 1. The molecule has 0 spiro atoms. The molecule has 1 aromatic heterocycles. The molecule has 0 aliphatic carbocycles. The van der Waals surface area contributed by atoms with Gasteiger partial charge in [0.15, 0.2) is 0 Å². The molecule has 4 nitrogen and oxygen atoms in total. The molecule has 2 heterocycles. The third-order valence-electron chi connectivity index (χ3n) is 2.94. The van der Waals surface area contributed by atoms with E-state index in [4.69, 9.17) is 4.74 Å². The van der Waals surface area contributed by atoms with Crippen molar-refractivity contribution in [2.45, 2.75) is 38.8 Å². The monoisotopic (exact) mass is 235 g/mol. The lowest BCUT2D eigenvalue weighted by Crippen LogP contribution is -2.32. The molecule has 0 bridgehead atoms. The summed E-state index contributed by atoms with van der Waals surface area (Å²) in [5.41, 5.74) is 0. The summed E-state index contributed by atoms with van der Waals surface area (Å²) in [6.45, 7) is 5.93. The minimum absolute atomic E-state index is 0.346. The number of rotatable bonds is 4. The van der Waals surface area contributed by atoms with Gasteiger partial charge in [0.2, 0.25) is 0 Å². The molecular formula is C13H21N3O. The Bertz CT molecular complexity index is 356. The molecule has 0 radical (unpaired) electrons. The van der Waals surface area contributed by atoms with Gasteiger partial charge in [0.1, 0.15) is 11.6 Å². The van der Waals surface area contributed by atoms with Crippen LogP contribution < -0.4 is 10.6 Å². The van der Waals surface area contributed by atoms with E-state index >= 15 is 0 Å². The summed E-state index contributed by atoms with van der Waals surface area (Å²) in [6, 6.07) is 6.50. The van der Waals surface area contributed by atoms with Crippen LogP contribution in [0, 0.1) is 0 Å². The average molecular weight is 235 g/mol. The zero-order valence-corrected chi connectivity index (χ0v) is 10.6. The normalized spacial score (nSPS) is 24.4. The van der Waals surface area contributed by atoms with Crippen molar-refractivity contribution in [1.29, 1.82) is 0 Å². The molecule has 2 rings (SSSR count). The summed E-state index contributed by atoms with van der Waals surface area (Å²) in [5, 5.41) is 6.70. The Morgan fingerprint density at radius 2 is 2.24 bits per heavy atom. The maximum atomic E-state index is 5.54. The molecule has 1 aliphatic rings. The Kier molecular flexibility index (Phi) is 4.20. The van der Waals surface area contributed by atoms with Crippen molar-refractivity contribution in [3.63, 3.8) is 0 Å². The molecule has 2 atom stereocenters. The van der Waals surface area contributed by atoms with Crippen LogP contribution in [0.25, 0.3) is 0 Å². The molecule has 1 fully saturated rings. The molecule has 0 saturated carbocycles. The Labute approximate surface area is 103 Å². The maximum Gasteiger partial charge on any atom is 0.128 e. The van der Waals surface area contributed by atoms with Gasteiger partial charge >= 0.3 is 0 Å². The van der Waals surface area contributed by atoms with Crippen LogP contribution >= 0.6 is 0 Å². The number of hydrogen-bond donors (Lipinski definition) is 2. The maximum absolute atomic E-state index is 5.54. The van der Waals surface area contributed by atoms with E-state index in [1.165, 1.54) is 0 Å². The molecular weight excluding hydrogens is 214 g/mol. The standard InChI is InChI=1S/C13H21N3O/c1-3-14-12-5-4-6-13(16-12)15-11-7-8-17-10(2)9-11/h4-6,10-11H,3,7-9H2,1-2H3,(H2,14,15,16). The summed E-state index contributed by atoms with van der Waals surface area (Å²) < 4.78 is 5.54. The van der Waals surface area contributed by atoms with Gasteiger partial charge < -0.3 is 15.4 Å². The fraction of sp³-hybridized carbons (Fsp3) is 0.615. The zero-order valence-electron chi connectivity index (χ0n) is 10.6. The minimum atomic E-state index is 0.346. The highest BCUT2D eigenvalue weighted by molar-refractivity contribution is 5.45. The molecule has 1 saturated heterocycles.